The van der Waals surface area contributed by atoms with E-state index in [-0.39, 0.29) is 5.88 Å². The average Bonchev–Trinajstić information content (AvgIpc) is 2.29. The van der Waals surface area contributed by atoms with E-state index in [2.05, 4.69) is 17.1 Å². The first kappa shape index (κ1) is 11.0. The number of aryl methyl sites for hydroxylation is 1. The summed E-state index contributed by atoms with van der Waals surface area (Å²) in [5, 5.41) is 9.64. The number of aromatic nitrogens is 1. The average molecular weight is 231 g/mol. The van der Waals surface area contributed by atoms with Crippen LogP contribution in [0.25, 0.3) is 0 Å². The van der Waals surface area contributed by atoms with Crippen molar-refractivity contribution in [2.24, 2.45) is 0 Å². The molecule has 0 saturated heterocycles. The van der Waals surface area contributed by atoms with E-state index in [1.54, 1.807) is 11.8 Å². The summed E-state index contributed by atoms with van der Waals surface area (Å²) in [6.45, 7) is 1.87. The van der Waals surface area contributed by atoms with Crippen LogP contribution in [-0.2, 0) is 5.75 Å². The largest absolute Gasteiger partial charge is 0.492 e. The Hall–Kier alpha value is -1.48. The summed E-state index contributed by atoms with van der Waals surface area (Å²) in [5.41, 5.74) is 2.08. The second-order valence-electron chi connectivity index (χ2n) is 3.55. The molecule has 0 spiro atoms. The number of benzene rings is 1. The number of aromatic hydroxyl groups is 1. The second-order valence-corrected chi connectivity index (χ2v) is 4.57. The van der Waals surface area contributed by atoms with Crippen LogP contribution in [0.2, 0.25) is 0 Å². The van der Waals surface area contributed by atoms with Crippen LogP contribution in [0.1, 0.15) is 11.3 Å². The van der Waals surface area contributed by atoms with E-state index in [1.807, 2.05) is 37.3 Å². The molecule has 0 aliphatic heterocycles. The van der Waals surface area contributed by atoms with E-state index >= 15 is 0 Å². The van der Waals surface area contributed by atoms with Crippen LogP contribution in [0.15, 0.2) is 47.4 Å². The molecule has 1 aromatic heterocycles. The van der Waals surface area contributed by atoms with Gasteiger partial charge in [0.05, 0.1) is 4.90 Å². The molecule has 1 aromatic carbocycles. The second kappa shape index (κ2) is 5.03. The lowest BCUT2D eigenvalue weighted by Crippen LogP contribution is -1.84. The van der Waals surface area contributed by atoms with Gasteiger partial charge in [-0.15, -0.1) is 11.8 Å². The van der Waals surface area contributed by atoms with E-state index in [0.717, 1.165) is 16.3 Å². The summed E-state index contributed by atoms with van der Waals surface area (Å²) in [6.07, 6.45) is 0. The summed E-state index contributed by atoms with van der Waals surface area (Å²) < 4.78 is 0. The zero-order valence-corrected chi connectivity index (χ0v) is 9.87. The summed E-state index contributed by atoms with van der Waals surface area (Å²) in [4.78, 5) is 4.85. The van der Waals surface area contributed by atoms with Crippen molar-refractivity contribution in [3.05, 3.63) is 53.7 Å². The lowest BCUT2D eigenvalue weighted by atomic mass is 10.2. The van der Waals surface area contributed by atoms with Gasteiger partial charge >= 0.3 is 0 Å². The number of thioether (sulfide) groups is 1. The van der Waals surface area contributed by atoms with E-state index in [4.69, 9.17) is 0 Å². The third-order valence-electron chi connectivity index (χ3n) is 2.22. The molecule has 3 heteroatoms. The zero-order chi connectivity index (χ0) is 11.4. The van der Waals surface area contributed by atoms with Crippen molar-refractivity contribution >= 4 is 11.8 Å². The highest BCUT2D eigenvalue weighted by atomic mass is 32.2. The molecule has 1 N–H and O–H groups in total. The molecule has 2 rings (SSSR count). The Morgan fingerprint density at radius 1 is 1.12 bits per heavy atom. The van der Waals surface area contributed by atoms with Crippen LogP contribution in [0, 0.1) is 6.92 Å². The molecule has 0 aliphatic rings. The van der Waals surface area contributed by atoms with Gasteiger partial charge < -0.3 is 5.11 Å². The number of rotatable bonds is 3. The number of nitrogens with zero attached hydrogens (tertiary/aromatic N) is 1. The lowest BCUT2D eigenvalue weighted by molar-refractivity contribution is 0.438. The smallest absolute Gasteiger partial charge is 0.225 e. The third-order valence-corrected chi connectivity index (χ3v) is 3.32. The van der Waals surface area contributed by atoms with Gasteiger partial charge in [0.25, 0.3) is 0 Å². The van der Waals surface area contributed by atoms with Gasteiger partial charge in [-0.3, -0.25) is 0 Å². The number of hydrogen-bond donors (Lipinski definition) is 1. The quantitative estimate of drug-likeness (QED) is 0.822. The molecule has 2 nitrogen and oxygen atoms in total. The van der Waals surface area contributed by atoms with Crippen LogP contribution in [0.3, 0.4) is 0 Å². The molecule has 0 fully saturated rings. The minimum atomic E-state index is 0.126. The molecule has 0 unspecified atom stereocenters. The third kappa shape index (κ3) is 2.76. The normalized spacial score (nSPS) is 10.3. The standard InChI is InChI=1S/C13H13NOS/c1-10-7-8-12(13(15)14-10)16-9-11-5-3-2-4-6-11/h2-8H,9H2,1H3,(H,14,15). The molecule has 2 aromatic rings. The van der Waals surface area contributed by atoms with Crippen LogP contribution in [-0.4, -0.2) is 10.1 Å². The van der Waals surface area contributed by atoms with Crippen molar-refractivity contribution in [3.63, 3.8) is 0 Å². The molecule has 16 heavy (non-hydrogen) atoms. The van der Waals surface area contributed by atoms with Gasteiger partial charge in [0.2, 0.25) is 5.88 Å². The molecule has 0 atom stereocenters. The van der Waals surface area contributed by atoms with Gasteiger partial charge in [-0.25, -0.2) is 4.98 Å². The van der Waals surface area contributed by atoms with Gasteiger partial charge in [0.1, 0.15) is 0 Å². The van der Waals surface area contributed by atoms with E-state index in [9.17, 15) is 5.11 Å². The Morgan fingerprint density at radius 2 is 1.88 bits per heavy atom. The zero-order valence-electron chi connectivity index (χ0n) is 9.05. The van der Waals surface area contributed by atoms with Crippen molar-refractivity contribution in [1.29, 1.82) is 0 Å². The van der Waals surface area contributed by atoms with Crippen molar-refractivity contribution in [2.75, 3.05) is 0 Å². The summed E-state index contributed by atoms with van der Waals surface area (Å²) >= 11 is 1.60. The first-order chi connectivity index (χ1) is 7.75. The Morgan fingerprint density at radius 3 is 2.56 bits per heavy atom. The molecule has 0 radical (unpaired) electrons. The number of hydrogen-bond acceptors (Lipinski definition) is 3. The minimum absolute atomic E-state index is 0.126. The maximum atomic E-state index is 9.64. The van der Waals surface area contributed by atoms with Crippen LogP contribution in [0.5, 0.6) is 5.88 Å². The molecule has 0 amide bonds. The van der Waals surface area contributed by atoms with Gasteiger partial charge in [-0.2, -0.15) is 0 Å². The molecule has 0 saturated carbocycles. The maximum absolute atomic E-state index is 9.64. The molecular formula is C13H13NOS. The summed E-state index contributed by atoms with van der Waals surface area (Å²) in [5.74, 6) is 0.972. The van der Waals surface area contributed by atoms with Crippen molar-refractivity contribution in [1.82, 2.24) is 4.98 Å². The highest BCUT2D eigenvalue weighted by Crippen LogP contribution is 2.29. The van der Waals surface area contributed by atoms with Gasteiger partial charge in [-0.1, -0.05) is 30.3 Å². The van der Waals surface area contributed by atoms with Gasteiger partial charge in [-0.05, 0) is 24.6 Å². The first-order valence-corrected chi connectivity index (χ1v) is 6.07. The highest BCUT2D eigenvalue weighted by Gasteiger charge is 2.03. The molecule has 82 valence electrons. The van der Waals surface area contributed by atoms with Crippen molar-refractivity contribution in [2.45, 2.75) is 17.6 Å². The van der Waals surface area contributed by atoms with E-state index in [0.29, 0.717) is 0 Å². The Kier molecular flexibility index (Phi) is 3.47. The summed E-state index contributed by atoms with van der Waals surface area (Å²) in [7, 11) is 0. The monoisotopic (exact) mass is 231 g/mol. The van der Waals surface area contributed by atoms with Crippen LogP contribution in [0.4, 0.5) is 0 Å². The lowest BCUT2D eigenvalue weighted by Gasteiger charge is -2.04. The van der Waals surface area contributed by atoms with Gasteiger partial charge in [0, 0.05) is 11.4 Å². The van der Waals surface area contributed by atoms with E-state index in [1.165, 1.54) is 5.56 Å². The Balaban J connectivity index is 2.05. The highest BCUT2D eigenvalue weighted by molar-refractivity contribution is 7.98. The molecule has 0 bridgehead atoms. The topological polar surface area (TPSA) is 33.1 Å². The SMILES string of the molecule is Cc1ccc(SCc2ccccc2)c(O)n1. The van der Waals surface area contributed by atoms with Crippen LogP contribution < -0.4 is 0 Å². The predicted octanol–water partition coefficient (Wildman–Crippen LogP) is 3.39. The predicted molar refractivity (Wildman–Crippen MR) is 66.6 cm³/mol. The van der Waals surface area contributed by atoms with E-state index < -0.39 is 0 Å². The fourth-order valence-electron chi connectivity index (χ4n) is 1.38. The van der Waals surface area contributed by atoms with Crippen molar-refractivity contribution in [3.8, 4) is 5.88 Å². The molecular weight excluding hydrogens is 218 g/mol. The van der Waals surface area contributed by atoms with Crippen molar-refractivity contribution < 1.29 is 5.11 Å². The minimum Gasteiger partial charge on any atom is -0.492 e. The fraction of sp³-hybridized carbons (Fsp3) is 0.154. The number of pyridine rings is 1. The van der Waals surface area contributed by atoms with Gasteiger partial charge in [0.15, 0.2) is 0 Å². The fourth-order valence-corrected chi connectivity index (χ4v) is 2.23. The summed E-state index contributed by atoms with van der Waals surface area (Å²) in [6, 6.07) is 14.0. The van der Waals surface area contributed by atoms with Crippen LogP contribution >= 0.6 is 11.8 Å². The molecule has 0 aliphatic carbocycles. The molecule has 1 heterocycles. The Bertz CT molecular complexity index is 471. The Labute approximate surface area is 99.4 Å². The maximum Gasteiger partial charge on any atom is 0.225 e. The first-order valence-electron chi connectivity index (χ1n) is 5.09.